The smallest absolute Gasteiger partial charge is 0.347 e. The second kappa shape index (κ2) is 11.3. The van der Waals surface area contributed by atoms with Gasteiger partial charge in [0, 0.05) is 28.8 Å². The average molecular weight is 596 g/mol. The number of esters is 1. The predicted octanol–water partition coefficient (Wildman–Crippen LogP) is 6.50. The van der Waals surface area contributed by atoms with Gasteiger partial charge in [-0.2, -0.15) is 0 Å². The summed E-state index contributed by atoms with van der Waals surface area (Å²) in [4.78, 5) is 24.5. The van der Waals surface area contributed by atoms with Gasteiger partial charge >= 0.3 is 5.97 Å². The molecule has 1 amide bonds. The molecule has 0 spiro atoms. The van der Waals surface area contributed by atoms with Gasteiger partial charge in [0.05, 0.1) is 8.88 Å². The highest BCUT2D eigenvalue weighted by atomic mass is 33.7. The molecule has 188 valence electrons. The number of rotatable bonds is 8. The third-order valence-corrected chi connectivity index (χ3v) is 36.5. The standard InChI is InChI=1S/C24H23NO5P2S4/c1-2-3-4-23(28)25-16-5-14-21(22(27)15-16)24(29)30-18-8-12-20(13-9-18)32(34)35-31(33,36-32)19-10-6-17(26)7-11-19/h5-15,26-27H,2-4H2,1H3,(H,25,28). The molecular weight excluding hydrogens is 572 g/mol. The topological polar surface area (TPSA) is 95.9 Å². The Balaban J connectivity index is 1.38. The first kappa shape index (κ1) is 27.2. The Labute approximate surface area is 227 Å². The van der Waals surface area contributed by atoms with Crippen molar-refractivity contribution in [1.82, 2.24) is 0 Å². The molecule has 0 saturated carbocycles. The van der Waals surface area contributed by atoms with Crippen molar-refractivity contribution in [1.29, 1.82) is 0 Å². The molecule has 3 aromatic carbocycles. The number of aromatic hydroxyl groups is 2. The van der Waals surface area contributed by atoms with Crippen LogP contribution in [0.15, 0.2) is 66.7 Å². The van der Waals surface area contributed by atoms with Crippen LogP contribution in [0.2, 0.25) is 0 Å². The number of carbonyl (C=O) groups excluding carboxylic acids is 2. The number of hydrogen-bond donors (Lipinski definition) is 3. The van der Waals surface area contributed by atoms with Gasteiger partial charge in [0.15, 0.2) is 0 Å². The molecule has 3 aromatic rings. The van der Waals surface area contributed by atoms with Crippen molar-refractivity contribution >= 4 is 82.7 Å². The summed E-state index contributed by atoms with van der Waals surface area (Å²) in [5.74, 6) is -0.589. The molecule has 0 bridgehead atoms. The van der Waals surface area contributed by atoms with Crippen LogP contribution in [0.3, 0.4) is 0 Å². The Hall–Kier alpha value is -1.80. The Bertz CT molecular complexity index is 1380. The fraction of sp³-hybridized carbons (Fsp3) is 0.167. The van der Waals surface area contributed by atoms with E-state index in [2.05, 4.69) is 5.32 Å². The molecule has 0 atom stereocenters. The molecule has 1 saturated heterocycles. The number of anilines is 1. The maximum atomic E-state index is 12.6. The molecule has 1 aliphatic heterocycles. The van der Waals surface area contributed by atoms with E-state index in [0.717, 1.165) is 23.5 Å². The third kappa shape index (κ3) is 6.18. The minimum Gasteiger partial charge on any atom is -0.508 e. The number of phenols is 2. The Kier molecular flexibility index (Phi) is 8.55. The monoisotopic (exact) mass is 595 g/mol. The van der Waals surface area contributed by atoms with Crippen molar-refractivity contribution in [2.45, 2.75) is 26.2 Å². The zero-order valence-corrected chi connectivity index (χ0v) is 24.2. The minimum atomic E-state index is -1.95. The number of amides is 1. The molecule has 3 N–H and O–H groups in total. The molecule has 1 heterocycles. The van der Waals surface area contributed by atoms with Crippen molar-refractivity contribution in [3.63, 3.8) is 0 Å². The van der Waals surface area contributed by atoms with Crippen LogP contribution in [-0.2, 0) is 28.4 Å². The van der Waals surface area contributed by atoms with Crippen LogP contribution in [-0.4, -0.2) is 22.1 Å². The van der Waals surface area contributed by atoms with Crippen molar-refractivity contribution in [2.75, 3.05) is 5.32 Å². The summed E-state index contributed by atoms with van der Waals surface area (Å²) >= 11 is 15.2. The zero-order chi connectivity index (χ0) is 25.9. The van der Waals surface area contributed by atoms with E-state index < -0.39 is 14.9 Å². The second-order valence-corrected chi connectivity index (χ2v) is 29.2. The first-order valence-corrected chi connectivity index (χ1v) is 20.7. The van der Waals surface area contributed by atoms with Crippen LogP contribution < -0.4 is 20.7 Å². The maximum absolute atomic E-state index is 12.6. The largest absolute Gasteiger partial charge is 0.508 e. The number of phenolic OH excluding ortho intramolecular Hbond substituents is 2. The van der Waals surface area contributed by atoms with Crippen LogP contribution in [0, 0.1) is 0 Å². The number of ether oxygens (including phenoxy) is 1. The normalized spacial score (nSPS) is 20.8. The summed E-state index contributed by atoms with van der Waals surface area (Å²) in [6.07, 6.45) is 2.09. The summed E-state index contributed by atoms with van der Waals surface area (Å²) < 4.78 is 1.59. The number of unbranched alkanes of at least 4 members (excludes halogenated alkanes) is 1. The lowest BCUT2D eigenvalue weighted by Gasteiger charge is -2.40. The van der Waals surface area contributed by atoms with Gasteiger partial charge in [-0.15, -0.1) is 0 Å². The Morgan fingerprint density at radius 3 is 2.06 bits per heavy atom. The molecule has 1 aliphatic rings. The first-order valence-electron chi connectivity index (χ1n) is 11.0. The molecule has 0 aliphatic carbocycles. The van der Waals surface area contributed by atoms with Crippen LogP contribution in [0.5, 0.6) is 17.2 Å². The van der Waals surface area contributed by atoms with E-state index in [0.29, 0.717) is 17.9 Å². The number of hydrogen-bond acceptors (Lipinski definition) is 9. The van der Waals surface area contributed by atoms with Gasteiger partial charge in [-0.25, -0.2) is 4.79 Å². The first-order chi connectivity index (χ1) is 17.1. The van der Waals surface area contributed by atoms with E-state index in [9.17, 15) is 19.8 Å². The molecule has 0 aromatic heterocycles. The number of benzene rings is 3. The molecule has 4 rings (SSSR count). The van der Waals surface area contributed by atoms with Crippen LogP contribution in [0.4, 0.5) is 5.69 Å². The fourth-order valence-corrected chi connectivity index (χ4v) is 45.6. The van der Waals surface area contributed by atoms with Crippen molar-refractivity contribution in [2.24, 2.45) is 0 Å². The van der Waals surface area contributed by atoms with Gasteiger partial charge in [-0.3, -0.25) is 4.79 Å². The Morgan fingerprint density at radius 1 is 0.917 bits per heavy atom. The molecule has 36 heavy (non-hydrogen) atoms. The van der Waals surface area contributed by atoms with E-state index in [4.69, 9.17) is 28.4 Å². The molecule has 6 nitrogen and oxygen atoms in total. The maximum Gasteiger partial charge on any atom is 0.347 e. The lowest BCUT2D eigenvalue weighted by molar-refractivity contribution is -0.116. The summed E-state index contributed by atoms with van der Waals surface area (Å²) in [6.45, 7) is 2.00. The summed E-state index contributed by atoms with van der Waals surface area (Å²) in [5, 5.41) is 24.5. The van der Waals surface area contributed by atoms with Crippen molar-refractivity contribution in [3.05, 3.63) is 72.3 Å². The zero-order valence-electron chi connectivity index (χ0n) is 19.1. The van der Waals surface area contributed by atoms with Crippen LogP contribution in [0.1, 0.15) is 36.5 Å². The third-order valence-electron chi connectivity index (χ3n) is 5.22. The van der Waals surface area contributed by atoms with Gasteiger partial charge in [0.2, 0.25) is 5.91 Å². The number of carbonyl (C=O) groups is 2. The van der Waals surface area contributed by atoms with Crippen LogP contribution in [0.25, 0.3) is 0 Å². The summed E-state index contributed by atoms with van der Waals surface area (Å²) in [6, 6.07) is 18.4. The van der Waals surface area contributed by atoms with E-state index in [1.165, 1.54) is 12.1 Å². The minimum absolute atomic E-state index is 0.00225. The highest BCUT2D eigenvalue weighted by molar-refractivity contribution is 9.48. The fourth-order valence-electron chi connectivity index (χ4n) is 3.31. The van der Waals surface area contributed by atoms with E-state index in [-0.39, 0.29) is 23.0 Å². The van der Waals surface area contributed by atoms with Gasteiger partial charge in [0.25, 0.3) is 0 Å². The molecular formula is C24H23NO5P2S4. The summed E-state index contributed by atoms with van der Waals surface area (Å²) in [7, 11) is 0. The molecule has 0 radical (unpaired) electrons. The SMILES string of the molecule is CCCCC(=O)Nc1ccc(C(=O)Oc2ccc(P3(=S)SP(=S)(c4ccc(O)cc4)S3)cc2)c(O)c1. The van der Waals surface area contributed by atoms with Crippen LogP contribution >= 0.6 is 30.9 Å². The Morgan fingerprint density at radius 2 is 1.50 bits per heavy atom. The lowest BCUT2D eigenvalue weighted by Crippen LogP contribution is -2.13. The van der Waals surface area contributed by atoms with E-state index in [1.807, 2.05) is 31.2 Å². The molecule has 0 unspecified atom stereocenters. The van der Waals surface area contributed by atoms with Crippen molar-refractivity contribution in [3.8, 4) is 17.2 Å². The number of nitrogens with one attached hydrogen (secondary N) is 1. The van der Waals surface area contributed by atoms with E-state index in [1.54, 1.807) is 52.3 Å². The highest BCUT2D eigenvalue weighted by Gasteiger charge is 2.45. The van der Waals surface area contributed by atoms with Gasteiger partial charge in [0.1, 0.15) is 22.8 Å². The van der Waals surface area contributed by atoms with Gasteiger partial charge in [-0.05, 0) is 67.1 Å². The average Bonchev–Trinajstić information content (AvgIpc) is 2.82. The second-order valence-electron chi connectivity index (χ2n) is 7.94. The predicted molar refractivity (Wildman–Crippen MR) is 159 cm³/mol. The molecule has 12 heteroatoms. The quantitative estimate of drug-likeness (QED) is 0.153. The molecule has 1 fully saturated rings. The van der Waals surface area contributed by atoms with Crippen molar-refractivity contribution < 1.29 is 24.5 Å². The summed E-state index contributed by atoms with van der Waals surface area (Å²) in [5.41, 5.74) is 0.412. The lowest BCUT2D eigenvalue weighted by atomic mass is 10.1. The highest BCUT2D eigenvalue weighted by Crippen LogP contribution is 3.04. The van der Waals surface area contributed by atoms with E-state index >= 15 is 0 Å². The van der Waals surface area contributed by atoms with Gasteiger partial charge in [-0.1, -0.05) is 59.0 Å². The van der Waals surface area contributed by atoms with Gasteiger partial charge < -0.3 is 20.3 Å².